The maximum Gasteiger partial charge on any atom is 0.191 e. The molecular formula is C21H35BrIN5. The summed E-state index contributed by atoms with van der Waals surface area (Å²) in [6.07, 6.45) is 4.92. The Morgan fingerprint density at radius 3 is 2.32 bits per heavy atom. The van der Waals surface area contributed by atoms with Crippen LogP contribution in [0, 0.1) is 5.92 Å². The topological polar surface area (TPSA) is 42.9 Å². The Kier molecular flexibility index (Phi) is 10.5. The molecule has 0 bridgehead atoms. The molecular weight excluding hydrogens is 529 g/mol. The summed E-state index contributed by atoms with van der Waals surface area (Å²) in [5.41, 5.74) is 1.39. The first-order valence-corrected chi connectivity index (χ1v) is 11.0. The first-order valence-electron chi connectivity index (χ1n) is 10.2. The second kappa shape index (κ2) is 12.3. The van der Waals surface area contributed by atoms with E-state index in [9.17, 15) is 0 Å². The van der Waals surface area contributed by atoms with Crippen molar-refractivity contribution in [1.82, 2.24) is 20.4 Å². The van der Waals surface area contributed by atoms with Crippen molar-refractivity contribution in [3.05, 3.63) is 34.3 Å². The highest BCUT2D eigenvalue weighted by Crippen LogP contribution is 2.17. The molecule has 7 heteroatoms. The summed E-state index contributed by atoms with van der Waals surface area (Å²) in [5.74, 6) is 1.74. The van der Waals surface area contributed by atoms with Crippen molar-refractivity contribution in [2.24, 2.45) is 10.9 Å². The highest BCUT2D eigenvalue weighted by Gasteiger charge is 2.21. The van der Waals surface area contributed by atoms with Crippen molar-refractivity contribution in [1.29, 1.82) is 0 Å². The zero-order valence-corrected chi connectivity index (χ0v) is 21.1. The van der Waals surface area contributed by atoms with Crippen molar-refractivity contribution in [3.8, 4) is 0 Å². The Morgan fingerprint density at radius 1 is 1.07 bits per heavy atom. The van der Waals surface area contributed by atoms with Crippen molar-refractivity contribution < 1.29 is 0 Å². The maximum atomic E-state index is 4.44. The van der Waals surface area contributed by atoms with Gasteiger partial charge in [-0.15, -0.1) is 24.0 Å². The van der Waals surface area contributed by atoms with Crippen LogP contribution >= 0.6 is 39.9 Å². The molecule has 2 aliphatic heterocycles. The zero-order chi connectivity index (χ0) is 19.1. The maximum absolute atomic E-state index is 4.44. The Hall–Kier alpha value is -0.380. The molecule has 0 radical (unpaired) electrons. The molecule has 3 rings (SSSR count). The van der Waals surface area contributed by atoms with Crippen LogP contribution in [-0.4, -0.2) is 68.6 Å². The Bertz CT molecular complexity index is 593. The first kappa shape index (κ1) is 23.9. The Labute approximate surface area is 195 Å². The number of rotatable bonds is 5. The summed E-state index contributed by atoms with van der Waals surface area (Å²) in [6.45, 7) is 6.79. The minimum atomic E-state index is 0. The van der Waals surface area contributed by atoms with E-state index in [0.717, 1.165) is 42.5 Å². The number of piperidine rings is 2. The van der Waals surface area contributed by atoms with Crippen molar-refractivity contribution in [2.75, 3.05) is 46.8 Å². The van der Waals surface area contributed by atoms with E-state index in [4.69, 9.17) is 0 Å². The molecule has 0 unspecified atom stereocenters. The number of nitrogens with one attached hydrogen (secondary N) is 2. The predicted octanol–water partition coefficient (Wildman–Crippen LogP) is 3.54. The Morgan fingerprint density at radius 2 is 1.71 bits per heavy atom. The monoisotopic (exact) mass is 563 g/mol. The number of hydrogen-bond acceptors (Lipinski definition) is 3. The lowest BCUT2D eigenvalue weighted by Crippen LogP contribution is -2.49. The molecule has 1 aromatic carbocycles. The van der Waals surface area contributed by atoms with Gasteiger partial charge in [-0.05, 0) is 69.4 Å². The van der Waals surface area contributed by atoms with Crippen molar-refractivity contribution in [3.63, 3.8) is 0 Å². The highest BCUT2D eigenvalue weighted by molar-refractivity contribution is 14.0. The summed E-state index contributed by atoms with van der Waals surface area (Å²) in [6, 6.07) is 9.20. The molecule has 2 fully saturated rings. The smallest absolute Gasteiger partial charge is 0.191 e. The van der Waals surface area contributed by atoms with E-state index >= 15 is 0 Å². The van der Waals surface area contributed by atoms with Gasteiger partial charge in [0.1, 0.15) is 0 Å². The van der Waals surface area contributed by atoms with E-state index in [1.807, 2.05) is 7.05 Å². The van der Waals surface area contributed by atoms with Crippen LogP contribution in [0.1, 0.15) is 31.2 Å². The van der Waals surface area contributed by atoms with Gasteiger partial charge in [0.15, 0.2) is 5.96 Å². The van der Waals surface area contributed by atoms with Gasteiger partial charge >= 0.3 is 0 Å². The van der Waals surface area contributed by atoms with Crippen LogP contribution in [0.5, 0.6) is 0 Å². The fraction of sp³-hybridized carbons (Fsp3) is 0.667. The van der Waals surface area contributed by atoms with Gasteiger partial charge in [0.25, 0.3) is 0 Å². The quantitative estimate of drug-likeness (QED) is 0.327. The number of guanidine groups is 1. The standard InChI is InChI=1S/C21H34BrN5.HI/c1-23-21(24-15-17-7-11-26(2)12-8-17)25-20-9-13-27(14-10-20)16-18-3-5-19(22)6-4-18;/h3-6,17,20H,7-16H2,1-2H3,(H2,23,24,25);1H. The molecule has 0 saturated carbocycles. The third kappa shape index (κ3) is 7.80. The van der Waals surface area contributed by atoms with Gasteiger partial charge in [0, 0.05) is 43.7 Å². The van der Waals surface area contributed by atoms with E-state index in [1.165, 1.54) is 44.3 Å². The van der Waals surface area contributed by atoms with E-state index < -0.39 is 0 Å². The molecule has 2 N–H and O–H groups in total. The van der Waals surface area contributed by atoms with Crippen LogP contribution < -0.4 is 10.6 Å². The average molecular weight is 564 g/mol. The molecule has 2 aliphatic rings. The lowest BCUT2D eigenvalue weighted by molar-refractivity contribution is 0.198. The highest BCUT2D eigenvalue weighted by atomic mass is 127. The predicted molar refractivity (Wildman–Crippen MR) is 133 cm³/mol. The summed E-state index contributed by atoms with van der Waals surface area (Å²) in [4.78, 5) is 9.42. The molecule has 28 heavy (non-hydrogen) atoms. The minimum Gasteiger partial charge on any atom is -0.356 e. The van der Waals surface area contributed by atoms with E-state index in [-0.39, 0.29) is 24.0 Å². The van der Waals surface area contributed by atoms with Gasteiger partial charge in [0.2, 0.25) is 0 Å². The summed E-state index contributed by atoms with van der Waals surface area (Å²) in [5, 5.41) is 7.20. The molecule has 0 amide bonds. The molecule has 2 saturated heterocycles. The SMILES string of the molecule is CN=C(NCC1CCN(C)CC1)NC1CCN(Cc2ccc(Br)cc2)CC1.I. The fourth-order valence-corrected chi connectivity index (χ4v) is 4.24. The van der Waals surface area contributed by atoms with Gasteiger partial charge in [-0.2, -0.15) is 0 Å². The lowest BCUT2D eigenvalue weighted by Gasteiger charge is -2.33. The van der Waals surface area contributed by atoms with E-state index in [1.54, 1.807) is 0 Å². The number of benzene rings is 1. The van der Waals surface area contributed by atoms with Gasteiger partial charge in [-0.3, -0.25) is 9.89 Å². The van der Waals surface area contributed by atoms with Gasteiger partial charge in [0.05, 0.1) is 0 Å². The molecule has 5 nitrogen and oxygen atoms in total. The normalized spacial score (nSPS) is 20.6. The Balaban J connectivity index is 0.00000280. The summed E-state index contributed by atoms with van der Waals surface area (Å²) in [7, 11) is 4.10. The van der Waals surface area contributed by atoms with Crippen LogP contribution in [-0.2, 0) is 6.54 Å². The largest absolute Gasteiger partial charge is 0.356 e. The number of halogens is 2. The summed E-state index contributed by atoms with van der Waals surface area (Å²) >= 11 is 3.51. The third-order valence-corrected chi connectivity index (χ3v) is 6.40. The van der Waals surface area contributed by atoms with E-state index in [2.05, 4.69) is 72.7 Å². The minimum absolute atomic E-state index is 0. The second-order valence-electron chi connectivity index (χ2n) is 8.02. The van der Waals surface area contributed by atoms with Crippen molar-refractivity contribution >= 4 is 45.9 Å². The lowest BCUT2D eigenvalue weighted by atomic mass is 9.97. The van der Waals surface area contributed by atoms with Crippen LogP contribution in [0.4, 0.5) is 0 Å². The molecule has 0 aliphatic carbocycles. The first-order chi connectivity index (χ1) is 13.1. The van der Waals surface area contributed by atoms with Gasteiger partial charge in [-0.25, -0.2) is 0 Å². The van der Waals surface area contributed by atoms with Crippen molar-refractivity contribution in [2.45, 2.75) is 38.3 Å². The molecule has 2 heterocycles. The zero-order valence-electron chi connectivity index (χ0n) is 17.2. The molecule has 0 atom stereocenters. The van der Waals surface area contributed by atoms with Gasteiger partial charge < -0.3 is 15.5 Å². The number of nitrogens with zero attached hydrogens (tertiary/aromatic N) is 3. The summed E-state index contributed by atoms with van der Waals surface area (Å²) < 4.78 is 1.15. The van der Waals surface area contributed by atoms with Crippen LogP contribution in [0.2, 0.25) is 0 Å². The molecule has 158 valence electrons. The van der Waals surface area contributed by atoms with Gasteiger partial charge in [-0.1, -0.05) is 28.1 Å². The molecule has 0 spiro atoms. The molecule has 1 aromatic rings. The fourth-order valence-electron chi connectivity index (χ4n) is 3.98. The second-order valence-corrected chi connectivity index (χ2v) is 8.94. The number of likely N-dealkylation sites (tertiary alicyclic amines) is 2. The third-order valence-electron chi connectivity index (χ3n) is 5.87. The van der Waals surface area contributed by atoms with Crippen LogP contribution in [0.3, 0.4) is 0 Å². The average Bonchev–Trinajstić information content (AvgIpc) is 2.69. The van der Waals surface area contributed by atoms with Crippen LogP contribution in [0.25, 0.3) is 0 Å². The van der Waals surface area contributed by atoms with E-state index in [0.29, 0.717) is 6.04 Å². The molecule has 0 aromatic heterocycles. The van der Waals surface area contributed by atoms with Crippen LogP contribution in [0.15, 0.2) is 33.7 Å². The number of aliphatic imine (C=N–C) groups is 1. The number of hydrogen-bond donors (Lipinski definition) is 2.